The first-order chi connectivity index (χ1) is 23.1. The summed E-state index contributed by atoms with van der Waals surface area (Å²) in [6.45, 7) is 0. The smallest absolute Gasteiger partial charge is 0.233 e. The van der Waals surface area contributed by atoms with Crippen LogP contribution in [-0.2, 0) is 6.42 Å². The molecule has 1 aliphatic rings. The van der Waals surface area contributed by atoms with E-state index in [1.165, 1.54) is 34.0 Å². The molecule has 0 fully saturated rings. The molecular formula is C37H27N7OS2. The number of benzene rings is 5. The first-order valence-corrected chi connectivity index (χ1v) is 16.9. The summed E-state index contributed by atoms with van der Waals surface area (Å²) >= 11 is 3.04. The van der Waals surface area contributed by atoms with Gasteiger partial charge in [0.2, 0.25) is 17.8 Å². The minimum absolute atomic E-state index is 0.102. The summed E-state index contributed by atoms with van der Waals surface area (Å²) in [7, 11) is 0. The standard InChI is InChI=1S/C37H27N7OS2/c45-32(24-15-17-30-25(20-24)19-23-9-7-8-14-29(23)30)22-46-37-41-31-18-16-28(21-33(31)47-37)40-36-43-34(38-26-10-3-1-4-11-26)42-35(44-36)39-27-12-5-2-6-13-27/h1-18,20-21H,19,22H2,(H3,38,39,40,42,43,44). The third-order valence-corrected chi connectivity index (χ3v) is 9.92. The van der Waals surface area contributed by atoms with Gasteiger partial charge in [-0.2, -0.15) is 15.0 Å². The zero-order chi connectivity index (χ0) is 31.6. The van der Waals surface area contributed by atoms with Gasteiger partial charge in [0.15, 0.2) is 10.1 Å². The Kier molecular flexibility index (Phi) is 7.78. The lowest BCUT2D eigenvalue weighted by Gasteiger charge is -2.11. The maximum atomic E-state index is 13.2. The molecule has 47 heavy (non-hydrogen) atoms. The molecule has 3 N–H and O–H groups in total. The van der Waals surface area contributed by atoms with Crippen molar-refractivity contribution in [3.8, 4) is 11.1 Å². The van der Waals surface area contributed by atoms with Crippen LogP contribution in [0.2, 0.25) is 0 Å². The zero-order valence-corrected chi connectivity index (χ0v) is 26.6. The van der Waals surface area contributed by atoms with Crippen molar-refractivity contribution in [1.82, 2.24) is 19.9 Å². The Labute approximate surface area is 279 Å². The van der Waals surface area contributed by atoms with Crippen molar-refractivity contribution in [3.63, 3.8) is 0 Å². The molecular weight excluding hydrogens is 623 g/mol. The summed E-state index contributed by atoms with van der Waals surface area (Å²) in [5.41, 5.74) is 9.19. The summed E-state index contributed by atoms with van der Waals surface area (Å²) in [6, 6.07) is 40.0. The first-order valence-electron chi connectivity index (χ1n) is 15.1. The second-order valence-electron chi connectivity index (χ2n) is 11.0. The summed E-state index contributed by atoms with van der Waals surface area (Å²) < 4.78 is 1.85. The van der Waals surface area contributed by atoms with Crippen LogP contribution in [0.5, 0.6) is 0 Å². The molecule has 7 aromatic rings. The Hall–Kier alpha value is -5.58. The van der Waals surface area contributed by atoms with Gasteiger partial charge in [-0.25, -0.2) is 4.98 Å². The van der Waals surface area contributed by atoms with Crippen molar-refractivity contribution in [1.29, 1.82) is 0 Å². The van der Waals surface area contributed by atoms with Gasteiger partial charge in [0.05, 0.1) is 16.0 Å². The van der Waals surface area contributed by atoms with Gasteiger partial charge in [-0.1, -0.05) is 84.6 Å². The van der Waals surface area contributed by atoms with Crippen LogP contribution in [0.4, 0.5) is 34.9 Å². The Morgan fingerprint density at radius 3 is 1.94 bits per heavy atom. The first kappa shape index (κ1) is 28.9. The van der Waals surface area contributed by atoms with Crippen molar-refractivity contribution in [2.45, 2.75) is 10.8 Å². The van der Waals surface area contributed by atoms with Crippen LogP contribution >= 0.6 is 23.1 Å². The number of hydrogen-bond donors (Lipinski definition) is 3. The number of ketones is 1. The van der Waals surface area contributed by atoms with Gasteiger partial charge in [0, 0.05) is 22.6 Å². The van der Waals surface area contributed by atoms with Gasteiger partial charge in [-0.05, 0) is 77.2 Å². The van der Waals surface area contributed by atoms with Crippen LogP contribution in [0.15, 0.2) is 126 Å². The quantitative estimate of drug-likeness (QED) is 0.0988. The summed E-state index contributed by atoms with van der Waals surface area (Å²) in [5, 5.41) is 9.85. The lowest BCUT2D eigenvalue weighted by molar-refractivity contribution is 0.102. The molecule has 0 spiro atoms. The number of hydrogen-bond acceptors (Lipinski definition) is 10. The van der Waals surface area contributed by atoms with Crippen LogP contribution in [0.3, 0.4) is 0 Å². The number of nitrogens with one attached hydrogen (secondary N) is 3. The van der Waals surface area contributed by atoms with Crippen molar-refractivity contribution >= 4 is 74.0 Å². The molecule has 0 saturated heterocycles. The number of thiazole rings is 1. The topological polar surface area (TPSA) is 105 Å². The van der Waals surface area contributed by atoms with E-state index in [1.807, 2.05) is 84.9 Å². The van der Waals surface area contributed by atoms with E-state index >= 15 is 0 Å². The molecule has 10 heteroatoms. The lowest BCUT2D eigenvalue weighted by atomic mass is 10.0. The van der Waals surface area contributed by atoms with Gasteiger partial charge < -0.3 is 16.0 Å². The second-order valence-corrected chi connectivity index (χ2v) is 13.2. The van der Waals surface area contributed by atoms with Gasteiger partial charge >= 0.3 is 0 Å². The van der Waals surface area contributed by atoms with E-state index in [0.717, 1.165) is 43.6 Å². The molecule has 0 amide bonds. The van der Waals surface area contributed by atoms with Gasteiger partial charge in [0.25, 0.3) is 0 Å². The third-order valence-electron chi connectivity index (χ3n) is 7.76. The molecule has 228 valence electrons. The largest absolute Gasteiger partial charge is 0.324 e. The monoisotopic (exact) mass is 649 g/mol. The fourth-order valence-electron chi connectivity index (χ4n) is 5.55. The van der Waals surface area contributed by atoms with E-state index in [1.54, 1.807) is 11.3 Å². The fourth-order valence-corrected chi connectivity index (χ4v) is 7.55. The van der Waals surface area contributed by atoms with Crippen LogP contribution in [0.25, 0.3) is 21.3 Å². The van der Waals surface area contributed by atoms with Crippen molar-refractivity contribution in [2.75, 3.05) is 21.7 Å². The number of anilines is 6. The minimum Gasteiger partial charge on any atom is -0.324 e. The van der Waals surface area contributed by atoms with Crippen molar-refractivity contribution in [3.05, 3.63) is 138 Å². The molecule has 8 rings (SSSR count). The molecule has 0 radical (unpaired) electrons. The average Bonchev–Trinajstić information content (AvgIpc) is 3.68. The Bertz CT molecular complexity index is 2180. The van der Waals surface area contributed by atoms with Crippen molar-refractivity contribution in [2.24, 2.45) is 0 Å². The minimum atomic E-state index is 0.102. The highest BCUT2D eigenvalue weighted by Crippen LogP contribution is 2.37. The highest BCUT2D eigenvalue weighted by Gasteiger charge is 2.20. The molecule has 0 unspecified atom stereocenters. The van der Waals surface area contributed by atoms with Gasteiger partial charge in [-0.15, -0.1) is 11.3 Å². The van der Waals surface area contributed by atoms with E-state index in [0.29, 0.717) is 23.6 Å². The SMILES string of the molecule is O=C(CSc1nc2ccc(Nc3nc(Nc4ccccc4)nc(Nc4ccccc4)n3)cc2s1)c1ccc2c(c1)Cc1ccccc1-2. The maximum Gasteiger partial charge on any atom is 0.233 e. The van der Waals surface area contributed by atoms with E-state index < -0.39 is 0 Å². The Morgan fingerprint density at radius 1 is 0.617 bits per heavy atom. The highest BCUT2D eigenvalue weighted by molar-refractivity contribution is 8.01. The Morgan fingerprint density at radius 2 is 1.23 bits per heavy atom. The number of para-hydroxylation sites is 2. The van der Waals surface area contributed by atoms with E-state index in [-0.39, 0.29) is 5.78 Å². The summed E-state index contributed by atoms with van der Waals surface area (Å²) in [4.78, 5) is 31.8. The molecule has 1 aliphatic carbocycles. The predicted molar refractivity (Wildman–Crippen MR) is 192 cm³/mol. The molecule has 2 aromatic heterocycles. The van der Waals surface area contributed by atoms with E-state index in [9.17, 15) is 4.79 Å². The number of thioether (sulfide) groups is 1. The number of carbonyl (C=O) groups excluding carboxylic acids is 1. The fraction of sp³-hybridized carbons (Fsp3) is 0.0541. The lowest BCUT2D eigenvalue weighted by Crippen LogP contribution is -2.07. The van der Waals surface area contributed by atoms with Gasteiger partial charge in [0.1, 0.15) is 0 Å². The number of fused-ring (bicyclic) bond motifs is 4. The number of rotatable bonds is 10. The highest BCUT2D eigenvalue weighted by atomic mass is 32.2. The van der Waals surface area contributed by atoms with Crippen molar-refractivity contribution < 1.29 is 4.79 Å². The normalized spacial score (nSPS) is 11.6. The number of Topliss-reactive ketones (excluding diaryl/α,β-unsaturated/α-hetero) is 1. The average molecular weight is 650 g/mol. The van der Waals surface area contributed by atoms with Gasteiger partial charge in [-0.3, -0.25) is 4.79 Å². The maximum absolute atomic E-state index is 13.2. The van der Waals surface area contributed by atoms with E-state index in [4.69, 9.17) is 4.98 Å². The zero-order valence-electron chi connectivity index (χ0n) is 25.0. The van der Waals surface area contributed by atoms with Crippen LogP contribution in [0.1, 0.15) is 21.5 Å². The third kappa shape index (κ3) is 6.42. The second kappa shape index (κ2) is 12.7. The molecule has 0 saturated carbocycles. The number of nitrogens with zero attached hydrogens (tertiary/aromatic N) is 4. The number of carbonyl (C=O) groups is 1. The molecule has 0 aliphatic heterocycles. The van der Waals surface area contributed by atoms with E-state index in [2.05, 4.69) is 67.3 Å². The summed E-state index contributed by atoms with van der Waals surface area (Å²) in [5.74, 6) is 1.63. The molecule has 0 atom stereocenters. The predicted octanol–water partition coefficient (Wildman–Crippen LogP) is 9.26. The molecule has 8 nitrogen and oxygen atoms in total. The molecule has 2 heterocycles. The van der Waals surface area contributed by atoms with Crippen LogP contribution in [0, 0.1) is 0 Å². The van der Waals surface area contributed by atoms with Crippen LogP contribution in [-0.4, -0.2) is 31.5 Å². The Balaban J connectivity index is 0.975. The molecule has 0 bridgehead atoms. The van der Waals surface area contributed by atoms with Crippen LogP contribution < -0.4 is 16.0 Å². The molecule has 5 aromatic carbocycles. The summed E-state index contributed by atoms with van der Waals surface area (Å²) in [6.07, 6.45) is 0.869. The number of aromatic nitrogens is 4.